The third-order valence-electron chi connectivity index (χ3n) is 6.09. The predicted molar refractivity (Wildman–Crippen MR) is 146 cm³/mol. The lowest BCUT2D eigenvalue weighted by molar-refractivity contribution is -0.197. The molecular weight excluding hydrogens is 555 g/mol. The average molecular weight is 589 g/mol. The van der Waals surface area contributed by atoms with Crippen LogP contribution in [-0.4, -0.2) is 52.4 Å². The lowest BCUT2D eigenvalue weighted by Crippen LogP contribution is -2.32. The quantitative estimate of drug-likeness (QED) is 0.135. The summed E-state index contributed by atoms with van der Waals surface area (Å²) in [4.78, 5) is 63.3. The number of nitrogens with one attached hydrogen (secondary N) is 1. The Hall–Kier alpha value is -4.02. The van der Waals surface area contributed by atoms with Gasteiger partial charge in [0.15, 0.2) is 5.78 Å². The molecule has 1 heterocycles. The highest BCUT2D eigenvalue weighted by molar-refractivity contribution is 7.54. The summed E-state index contributed by atoms with van der Waals surface area (Å²) in [6.45, 7) is 3.33. The molecule has 3 rings (SSSR count). The maximum atomic E-state index is 13.2. The Kier molecular flexibility index (Phi) is 11.2. The number of amides is 3. The number of hydrogen-bond acceptors (Lipinski definition) is 10. The maximum absolute atomic E-state index is 13.2. The molecule has 41 heavy (non-hydrogen) atoms. The Balaban J connectivity index is 1.40. The topological polar surface area (TPSA) is 166 Å². The Morgan fingerprint density at radius 1 is 1.00 bits per heavy atom. The molecule has 0 bridgehead atoms. The van der Waals surface area contributed by atoms with Crippen molar-refractivity contribution in [2.24, 2.45) is 0 Å². The second kappa shape index (κ2) is 14.6. The Bertz CT molecular complexity index is 1310. The maximum Gasteiger partial charge on any atom is 0.430 e. The number of carbonyl (C=O) groups is 5. The standard InChI is InChI=1S/C28H33N2O10P/c1-3-41(37,40-23-8-6-7-21(17-23)19(2)31)39-22-12-10-20(11-13-22)24(32)18-25(33)29-16-5-4-9-28(36)38-30-26(34)14-15-27(30)35/h6-8,10-13,17,24,32H,3-5,9,14-16,18H2,1-2H3,(H,29,33). The zero-order chi connectivity index (χ0) is 30.0. The fraction of sp³-hybridized carbons (Fsp3) is 0.393. The van der Waals surface area contributed by atoms with Gasteiger partial charge in [-0.1, -0.05) is 31.2 Å². The summed E-state index contributed by atoms with van der Waals surface area (Å²) in [5, 5.41) is 13.6. The molecule has 3 amide bonds. The van der Waals surface area contributed by atoms with Gasteiger partial charge in [-0.15, -0.1) is 5.06 Å². The van der Waals surface area contributed by atoms with Gasteiger partial charge in [0.2, 0.25) is 5.91 Å². The van der Waals surface area contributed by atoms with Crippen LogP contribution in [0.2, 0.25) is 0 Å². The molecule has 1 aliphatic rings. The predicted octanol–water partition coefficient (Wildman–Crippen LogP) is 3.88. The third-order valence-corrected chi connectivity index (χ3v) is 7.84. The Morgan fingerprint density at radius 3 is 2.29 bits per heavy atom. The first kappa shape index (κ1) is 31.5. The SMILES string of the molecule is CCP(=O)(Oc1ccc(C(O)CC(=O)NCCCCC(=O)ON2C(=O)CCC2=O)cc1)Oc1cccc(C(C)=O)c1. The number of carbonyl (C=O) groups excluding carboxylic acids is 5. The van der Waals surface area contributed by atoms with Crippen LogP contribution in [0.15, 0.2) is 48.5 Å². The molecule has 220 valence electrons. The van der Waals surface area contributed by atoms with E-state index in [1.165, 1.54) is 25.1 Å². The van der Waals surface area contributed by atoms with E-state index in [2.05, 4.69) is 5.32 Å². The zero-order valence-electron chi connectivity index (χ0n) is 22.9. The number of aliphatic hydroxyl groups is 1. The van der Waals surface area contributed by atoms with Gasteiger partial charge in [-0.05, 0) is 49.6 Å². The van der Waals surface area contributed by atoms with Gasteiger partial charge >= 0.3 is 13.6 Å². The van der Waals surface area contributed by atoms with Crippen LogP contribution in [0.5, 0.6) is 11.5 Å². The van der Waals surface area contributed by atoms with E-state index in [0.29, 0.717) is 29.0 Å². The van der Waals surface area contributed by atoms with Gasteiger partial charge in [-0.2, -0.15) is 0 Å². The minimum absolute atomic E-state index is 0.0230. The first-order valence-corrected chi connectivity index (χ1v) is 14.9. The molecule has 2 unspecified atom stereocenters. The van der Waals surface area contributed by atoms with Crippen LogP contribution in [0.1, 0.15) is 74.4 Å². The molecule has 0 spiro atoms. The Labute approximate surface area is 237 Å². The van der Waals surface area contributed by atoms with Crippen LogP contribution in [-0.2, 0) is 28.6 Å². The number of nitrogens with zero attached hydrogens (tertiary/aromatic N) is 1. The minimum Gasteiger partial charge on any atom is -0.416 e. The van der Waals surface area contributed by atoms with Gasteiger partial charge in [0.25, 0.3) is 11.8 Å². The molecule has 1 saturated heterocycles. The van der Waals surface area contributed by atoms with Crippen molar-refractivity contribution in [2.45, 2.75) is 58.5 Å². The summed E-state index contributed by atoms with van der Waals surface area (Å²) in [6, 6.07) is 12.4. The molecule has 2 aromatic rings. The van der Waals surface area contributed by atoms with Gasteiger partial charge in [0, 0.05) is 31.4 Å². The monoisotopic (exact) mass is 588 g/mol. The van der Waals surface area contributed by atoms with E-state index in [0.717, 1.165) is 0 Å². The van der Waals surface area contributed by atoms with Crippen molar-refractivity contribution < 1.29 is 47.5 Å². The summed E-state index contributed by atoms with van der Waals surface area (Å²) in [6.07, 6.45) is -0.390. The highest BCUT2D eigenvalue weighted by atomic mass is 31.2. The van der Waals surface area contributed by atoms with Crippen molar-refractivity contribution in [3.8, 4) is 11.5 Å². The molecule has 0 radical (unpaired) electrons. The normalized spacial score (nSPS) is 15.1. The van der Waals surface area contributed by atoms with Crippen molar-refractivity contribution in [2.75, 3.05) is 12.7 Å². The number of benzene rings is 2. The van der Waals surface area contributed by atoms with Crippen molar-refractivity contribution in [3.05, 3.63) is 59.7 Å². The van der Waals surface area contributed by atoms with Crippen LogP contribution in [0.3, 0.4) is 0 Å². The highest BCUT2D eigenvalue weighted by Crippen LogP contribution is 2.48. The van der Waals surface area contributed by atoms with Gasteiger partial charge < -0.3 is 24.3 Å². The van der Waals surface area contributed by atoms with E-state index in [1.54, 1.807) is 37.3 Å². The molecular formula is C28H33N2O10P. The van der Waals surface area contributed by atoms with Crippen LogP contribution >= 0.6 is 7.60 Å². The fourth-order valence-corrected chi connectivity index (χ4v) is 4.96. The Morgan fingerprint density at radius 2 is 1.66 bits per heavy atom. The fourth-order valence-electron chi connectivity index (χ4n) is 3.78. The van der Waals surface area contributed by atoms with Gasteiger partial charge in [0.1, 0.15) is 11.5 Å². The van der Waals surface area contributed by atoms with Crippen molar-refractivity contribution in [1.29, 1.82) is 0 Å². The molecule has 12 nitrogen and oxygen atoms in total. The molecule has 0 saturated carbocycles. The molecule has 0 aromatic heterocycles. The van der Waals surface area contributed by atoms with Crippen LogP contribution in [0.25, 0.3) is 0 Å². The smallest absolute Gasteiger partial charge is 0.416 e. The molecule has 1 fully saturated rings. The summed E-state index contributed by atoms with van der Waals surface area (Å²) in [5.41, 5.74) is 0.866. The number of hydroxylamine groups is 2. The number of rotatable bonds is 15. The first-order valence-electron chi connectivity index (χ1n) is 13.2. The van der Waals surface area contributed by atoms with Crippen LogP contribution < -0.4 is 14.4 Å². The molecule has 0 aliphatic carbocycles. The van der Waals surface area contributed by atoms with E-state index in [-0.39, 0.29) is 55.7 Å². The van der Waals surface area contributed by atoms with Crippen LogP contribution in [0.4, 0.5) is 0 Å². The van der Waals surface area contributed by atoms with E-state index >= 15 is 0 Å². The van der Waals surface area contributed by atoms with E-state index < -0.39 is 37.4 Å². The lowest BCUT2D eigenvalue weighted by atomic mass is 10.1. The highest BCUT2D eigenvalue weighted by Gasteiger charge is 2.32. The summed E-state index contributed by atoms with van der Waals surface area (Å²) >= 11 is 0. The van der Waals surface area contributed by atoms with E-state index in [4.69, 9.17) is 13.9 Å². The molecule has 2 atom stereocenters. The minimum atomic E-state index is -3.59. The first-order chi connectivity index (χ1) is 19.5. The average Bonchev–Trinajstić information content (AvgIpc) is 3.25. The summed E-state index contributed by atoms with van der Waals surface area (Å²) in [7, 11) is -3.59. The molecule has 2 aromatic carbocycles. The third kappa shape index (κ3) is 9.54. The number of Topliss-reactive ketones (excluding diaryl/α,β-unsaturated/α-hetero) is 1. The second-order valence-corrected chi connectivity index (χ2v) is 11.6. The lowest BCUT2D eigenvalue weighted by Gasteiger charge is -2.19. The molecule has 2 N–H and O–H groups in total. The molecule has 13 heteroatoms. The van der Waals surface area contributed by atoms with Gasteiger partial charge in [-0.3, -0.25) is 19.2 Å². The number of aliphatic hydroxyl groups excluding tert-OH is 1. The molecule has 1 aliphatic heterocycles. The number of unbranched alkanes of at least 4 members (excludes halogenated alkanes) is 1. The number of imide groups is 1. The largest absolute Gasteiger partial charge is 0.430 e. The van der Waals surface area contributed by atoms with Crippen molar-refractivity contribution >= 4 is 37.1 Å². The van der Waals surface area contributed by atoms with E-state index in [9.17, 15) is 33.6 Å². The second-order valence-electron chi connectivity index (χ2n) is 9.33. The van der Waals surface area contributed by atoms with Crippen LogP contribution in [0, 0.1) is 0 Å². The van der Waals surface area contributed by atoms with Gasteiger partial charge in [-0.25, -0.2) is 9.36 Å². The summed E-state index contributed by atoms with van der Waals surface area (Å²) in [5.74, 6) is -1.85. The zero-order valence-corrected chi connectivity index (χ0v) is 23.8. The van der Waals surface area contributed by atoms with Crippen molar-refractivity contribution in [1.82, 2.24) is 10.4 Å². The van der Waals surface area contributed by atoms with Gasteiger partial charge in [0.05, 0.1) is 18.7 Å². The number of ketones is 1. The van der Waals surface area contributed by atoms with Crippen molar-refractivity contribution in [3.63, 3.8) is 0 Å². The number of hydrogen-bond donors (Lipinski definition) is 2. The summed E-state index contributed by atoms with van der Waals surface area (Å²) < 4.78 is 24.4. The van der Waals surface area contributed by atoms with E-state index in [1.807, 2.05) is 0 Å².